The molecule has 9 heteroatoms. The van der Waals surface area contributed by atoms with Gasteiger partial charge in [-0.2, -0.15) is 0 Å². The number of hydrogen-bond acceptors (Lipinski definition) is 6. The van der Waals surface area contributed by atoms with Crippen molar-refractivity contribution in [3.05, 3.63) is 30.1 Å². The van der Waals surface area contributed by atoms with Gasteiger partial charge in [0.15, 0.2) is 5.82 Å². The molecule has 0 unspecified atom stereocenters. The van der Waals surface area contributed by atoms with Crippen molar-refractivity contribution in [3.8, 4) is 11.4 Å². The number of nitrogens with two attached hydrogens (primary N) is 1. The number of hydrogen-bond donors (Lipinski definition) is 2. The summed E-state index contributed by atoms with van der Waals surface area (Å²) in [5.41, 5.74) is 0.518. The monoisotopic (exact) mass is 339 g/mol. The lowest BCUT2D eigenvalue weighted by atomic mass is 10.2. The molecular weight excluding hydrogens is 321 g/mol. The Balaban J connectivity index is 2.06. The highest BCUT2D eigenvalue weighted by atomic mass is 32.2. The molecule has 1 aromatic carbocycles. The first-order chi connectivity index (χ1) is 11.0. The lowest BCUT2D eigenvalue weighted by Gasteiger charge is -2.11. The lowest BCUT2D eigenvalue weighted by molar-refractivity contribution is -0.120. The Morgan fingerprint density at radius 1 is 1.52 bits per heavy atom. The van der Waals surface area contributed by atoms with E-state index in [9.17, 15) is 9.18 Å². The Morgan fingerprint density at radius 3 is 3.00 bits per heavy atom. The second-order valence-electron chi connectivity index (χ2n) is 4.73. The molecule has 0 spiro atoms. The minimum Gasteiger partial charge on any atom is -0.383 e. The highest BCUT2D eigenvalue weighted by molar-refractivity contribution is 8.00. The van der Waals surface area contributed by atoms with Crippen molar-refractivity contribution < 1.29 is 13.9 Å². The van der Waals surface area contributed by atoms with Gasteiger partial charge in [-0.1, -0.05) is 23.9 Å². The van der Waals surface area contributed by atoms with E-state index in [1.54, 1.807) is 26.2 Å². The van der Waals surface area contributed by atoms with E-state index in [4.69, 9.17) is 10.6 Å². The molecule has 124 valence electrons. The maximum Gasteiger partial charge on any atom is 0.233 e. The normalized spacial score (nSPS) is 12.1. The zero-order chi connectivity index (χ0) is 16.8. The SMILES string of the molecule is COCCNC(=O)[C@@H](C)Sc1nnc(-c2cccc(F)c2)n1N. The third-order valence-corrected chi connectivity index (χ3v) is 4.06. The molecule has 0 radical (unpaired) electrons. The van der Waals surface area contributed by atoms with Crippen LogP contribution in [0.5, 0.6) is 0 Å². The molecule has 1 heterocycles. The van der Waals surface area contributed by atoms with Gasteiger partial charge in [-0.25, -0.2) is 9.07 Å². The van der Waals surface area contributed by atoms with Crippen LogP contribution >= 0.6 is 11.8 Å². The van der Waals surface area contributed by atoms with E-state index in [0.717, 1.165) is 0 Å². The third kappa shape index (κ3) is 4.42. The van der Waals surface area contributed by atoms with Gasteiger partial charge in [0.1, 0.15) is 5.82 Å². The van der Waals surface area contributed by atoms with Crippen molar-refractivity contribution in [1.29, 1.82) is 0 Å². The van der Waals surface area contributed by atoms with Crippen LogP contribution in [0.1, 0.15) is 6.92 Å². The zero-order valence-corrected chi connectivity index (χ0v) is 13.6. The largest absolute Gasteiger partial charge is 0.383 e. The molecule has 1 aromatic heterocycles. The van der Waals surface area contributed by atoms with Crippen molar-refractivity contribution in [3.63, 3.8) is 0 Å². The van der Waals surface area contributed by atoms with Crippen LogP contribution in [-0.4, -0.2) is 46.3 Å². The Hall–Kier alpha value is -2.13. The zero-order valence-electron chi connectivity index (χ0n) is 12.8. The number of carbonyl (C=O) groups excluding carboxylic acids is 1. The van der Waals surface area contributed by atoms with E-state index < -0.39 is 5.25 Å². The fourth-order valence-electron chi connectivity index (χ4n) is 1.81. The Kier molecular flexibility index (Phi) is 5.94. The number of halogens is 1. The standard InChI is InChI=1S/C14H18FN5O2S/c1-9(13(21)17-6-7-22-2)23-14-19-18-12(20(14)16)10-4-3-5-11(15)8-10/h3-5,8-9H,6-7,16H2,1-2H3,(H,17,21)/t9-/m1/s1. The van der Waals surface area contributed by atoms with E-state index in [2.05, 4.69) is 15.5 Å². The van der Waals surface area contributed by atoms with E-state index in [1.807, 2.05) is 0 Å². The predicted octanol–water partition coefficient (Wildman–Crippen LogP) is 1.04. The molecule has 0 bridgehead atoms. The number of nitrogen functional groups attached to an aromatic ring is 1. The minimum atomic E-state index is -0.404. The van der Waals surface area contributed by atoms with Crippen LogP contribution in [0.15, 0.2) is 29.4 Å². The smallest absolute Gasteiger partial charge is 0.233 e. The molecule has 0 saturated heterocycles. The highest BCUT2D eigenvalue weighted by Gasteiger charge is 2.19. The van der Waals surface area contributed by atoms with Crippen molar-refractivity contribution in [1.82, 2.24) is 20.2 Å². The van der Waals surface area contributed by atoms with Gasteiger partial charge < -0.3 is 15.9 Å². The maximum atomic E-state index is 13.3. The Morgan fingerprint density at radius 2 is 2.30 bits per heavy atom. The average Bonchev–Trinajstić information content (AvgIpc) is 2.88. The number of carbonyl (C=O) groups is 1. The number of aromatic nitrogens is 3. The van der Waals surface area contributed by atoms with E-state index in [0.29, 0.717) is 29.7 Å². The summed E-state index contributed by atoms with van der Waals surface area (Å²) >= 11 is 1.17. The van der Waals surface area contributed by atoms with Crippen LogP contribution in [0.3, 0.4) is 0 Å². The van der Waals surface area contributed by atoms with Crippen molar-refractivity contribution >= 4 is 17.7 Å². The number of ether oxygens (including phenoxy) is 1. The first-order valence-electron chi connectivity index (χ1n) is 6.92. The molecule has 2 aromatic rings. The van der Waals surface area contributed by atoms with Gasteiger partial charge >= 0.3 is 0 Å². The number of methoxy groups -OCH3 is 1. The van der Waals surface area contributed by atoms with Gasteiger partial charge in [-0.3, -0.25) is 4.79 Å². The topological polar surface area (TPSA) is 95.1 Å². The van der Waals surface area contributed by atoms with Gasteiger partial charge in [0.2, 0.25) is 11.1 Å². The summed E-state index contributed by atoms with van der Waals surface area (Å²) in [5.74, 6) is 5.75. The molecule has 0 fully saturated rings. The lowest BCUT2D eigenvalue weighted by Crippen LogP contribution is -2.33. The van der Waals surface area contributed by atoms with Crippen LogP contribution in [0, 0.1) is 5.82 Å². The first kappa shape index (κ1) is 17.2. The second-order valence-corrected chi connectivity index (χ2v) is 6.04. The molecule has 0 aliphatic heterocycles. The van der Waals surface area contributed by atoms with E-state index in [1.165, 1.54) is 28.6 Å². The Labute approximate surface area is 137 Å². The molecule has 2 rings (SSSR count). The highest BCUT2D eigenvalue weighted by Crippen LogP contribution is 2.25. The van der Waals surface area contributed by atoms with Gasteiger partial charge in [-0.05, 0) is 19.1 Å². The number of benzene rings is 1. The summed E-state index contributed by atoms with van der Waals surface area (Å²) in [7, 11) is 1.56. The number of nitrogens with zero attached hydrogens (tertiary/aromatic N) is 3. The van der Waals surface area contributed by atoms with Gasteiger partial charge in [-0.15, -0.1) is 10.2 Å². The van der Waals surface area contributed by atoms with Crippen molar-refractivity contribution in [2.45, 2.75) is 17.3 Å². The summed E-state index contributed by atoms with van der Waals surface area (Å²) in [6, 6.07) is 5.91. The van der Waals surface area contributed by atoms with Crippen LogP contribution in [0.4, 0.5) is 4.39 Å². The van der Waals surface area contributed by atoms with E-state index >= 15 is 0 Å². The quantitative estimate of drug-likeness (QED) is 0.445. The minimum absolute atomic E-state index is 0.151. The number of rotatable bonds is 7. The maximum absolute atomic E-state index is 13.3. The van der Waals surface area contributed by atoms with Crippen molar-refractivity contribution in [2.75, 3.05) is 26.1 Å². The Bertz CT molecular complexity index is 679. The van der Waals surface area contributed by atoms with Gasteiger partial charge in [0.25, 0.3) is 0 Å². The van der Waals surface area contributed by atoms with Crippen LogP contribution < -0.4 is 11.2 Å². The van der Waals surface area contributed by atoms with Crippen molar-refractivity contribution in [2.24, 2.45) is 0 Å². The summed E-state index contributed by atoms with van der Waals surface area (Å²) in [6.45, 7) is 2.62. The summed E-state index contributed by atoms with van der Waals surface area (Å²) in [4.78, 5) is 11.9. The van der Waals surface area contributed by atoms with Crippen LogP contribution in [0.2, 0.25) is 0 Å². The van der Waals surface area contributed by atoms with Gasteiger partial charge in [0, 0.05) is 19.2 Å². The molecule has 3 N–H and O–H groups in total. The third-order valence-electron chi connectivity index (χ3n) is 3.00. The van der Waals surface area contributed by atoms with E-state index in [-0.39, 0.29) is 11.7 Å². The van der Waals surface area contributed by atoms with Gasteiger partial charge in [0.05, 0.1) is 11.9 Å². The number of amides is 1. The fourth-order valence-corrected chi connectivity index (χ4v) is 2.61. The fraction of sp³-hybridized carbons (Fsp3) is 0.357. The first-order valence-corrected chi connectivity index (χ1v) is 7.80. The average molecular weight is 339 g/mol. The summed E-state index contributed by atoms with van der Waals surface area (Å²) in [6.07, 6.45) is 0. The number of thioether (sulfide) groups is 1. The molecule has 1 atom stereocenters. The molecule has 0 aliphatic rings. The van der Waals surface area contributed by atoms with Crippen LogP contribution in [0.25, 0.3) is 11.4 Å². The number of nitrogens with one attached hydrogen (secondary N) is 1. The summed E-state index contributed by atoms with van der Waals surface area (Å²) in [5, 5.41) is 10.6. The van der Waals surface area contributed by atoms with Crippen LogP contribution in [-0.2, 0) is 9.53 Å². The predicted molar refractivity (Wildman–Crippen MR) is 85.8 cm³/mol. The molecule has 23 heavy (non-hydrogen) atoms. The molecule has 0 aliphatic carbocycles. The molecule has 7 nitrogen and oxygen atoms in total. The molecule has 1 amide bonds. The molecular formula is C14H18FN5O2S. The molecule has 0 saturated carbocycles. The second kappa shape index (κ2) is 7.93. The summed E-state index contributed by atoms with van der Waals surface area (Å²) < 4.78 is 19.4.